The third-order valence-corrected chi connectivity index (χ3v) is 7.05. The van der Waals surface area contributed by atoms with Crippen LogP contribution in [0.5, 0.6) is 0 Å². The number of nitrogens with zero attached hydrogens (tertiary/aromatic N) is 1. The molecule has 5 heteroatoms. The van der Waals surface area contributed by atoms with E-state index in [9.17, 15) is 9.59 Å². The van der Waals surface area contributed by atoms with Crippen LogP contribution in [0.15, 0.2) is 42.5 Å². The third-order valence-electron chi connectivity index (χ3n) is 7.05. The maximum absolute atomic E-state index is 13.0. The predicted molar refractivity (Wildman–Crippen MR) is 129 cm³/mol. The fourth-order valence-corrected chi connectivity index (χ4v) is 5.38. The number of hydrogen-bond donors (Lipinski definition) is 2. The lowest BCUT2D eigenvalue weighted by molar-refractivity contribution is -0.114. The first kappa shape index (κ1) is 22.5. The number of carbonyl (C=O) groups is 2. The van der Waals surface area contributed by atoms with Crippen LogP contribution in [0.2, 0.25) is 0 Å². The fraction of sp³-hybridized carbons (Fsp3) is 0.481. The van der Waals surface area contributed by atoms with Crippen molar-refractivity contribution in [3.05, 3.63) is 64.7 Å². The lowest BCUT2D eigenvalue weighted by Gasteiger charge is -2.38. The minimum atomic E-state index is -0.110. The Labute approximate surface area is 191 Å². The first-order valence-electron chi connectivity index (χ1n) is 11.8. The molecule has 4 rings (SSSR count). The summed E-state index contributed by atoms with van der Waals surface area (Å²) in [5.41, 5.74) is 5.04. The molecule has 2 aliphatic rings. The van der Waals surface area contributed by atoms with Gasteiger partial charge in [-0.3, -0.25) is 14.5 Å². The Morgan fingerprint density at radius 1 is 1.03 bits per heavy atom. The van der Waals surface area contributed by atoms with Gasteiger partial charge in [-0.2, -0.15) is 0 Å². The average molecular weight is 434 g/mol. The molecule has 3 atom stereocenters. The van der Waals surface area contributed by atoms with Crippen molar-refractivity contribution in [1.82, 2.24) is 10.2 Å². The maximum atomic E-state index is 13.0. The molecule has 2 amide bonds. The van der Waals surface area contributed by atoms with Gasteiger partial charge in [-0.25, -0.2) is 0 Å². The highest BCUT2D eigenvalue weighted by Crippen LogP contribution is 2.37. The molecule has 2 N–H and O–H groups in total. The number of rotatable bonds is 6. The Bertz CT molecular complexity index is 969. The summed E-state index contributed by atoms with van der Waals surface area (Å²) in [7, 11) is 0. The minimum Gasteiger partial charge on any atom is -0.349 e. The molecule has 5 nitrogen and oxygen atoms in total. The van der Waals surface area contributed by atoms with Gasteiger partial charge in [-0.05, 0) is 72.4 Å². The van der Waals surface area contributed by atoms with E-state index < -0.39 is 0 Å². The molecule has 0 aromatic heterocycles. The number of anilines is 1. The molecule has 1 heterocycles. The Morgan fingerprint density at radius 3 is 2.25 bits per heavy atom. The fourth-order valence-electron chi connectivity index (χ4n) is 5.38. The number of fused-ring (bicyclic) bond motifs is 2. The van der Waals surface area contributed by atoms with Crippen LogP contribution < -0.4 is 10.6 Å². The van der Waals surface area contributed by atoms with Crippen molar-refractivity contribution in [1.29, 1.82) is 0 Å². The van der Waals surface area contributed by atoms with Gasteiger partial charge in [0.2, 0.25) is 5.91 Å². The maximum Gasteiger partial charge on any atom is 0.251 e. The van der Waals surface area contributed by atoms with E-state index >= 15 is 0 Å². The first-order valence-corrected chi connectivity index (χ1v) is 11.8. The zero-order chi connectivity index (χ0) is 22.8. The Balaban J connectivity index is 1.37. The zero-order valence-corrected chi connectivity index (χ0v) is 19.7. The van der Waals surface area contributed by atoms with Crippen LogP contribution in [0.3, 0.4) is 0 Å². The average Bonchev–Trinajstić information content (AvgIpc) is 2.96. The summed E-state index contributed by atoms with van der Waals surface area (Å²) >= 11 is 0. The summed E-state index contributed by atoms with van der Waals surface area (Å²) in [6, 6.07) is 14.7. The van der Waals surface area contributed by atoms with E-state index in [2.05, 4.69) is 53.6 Å². The number of benzene rings is 2. The van der Waals surface area contributed by atoms with Crippen molar-refractivity contribution in [3.63, 3.8) is 0 Å². The van der Waals surface area contributed by atoms with Gasteiger partial charge in [-0.1, -0.05) is 38.1 Å². The van der Waals surface area contributed by atoms with E-state index in [0.29, 0.717) is 23.3 Å². The number of hydrogen-bond acceptors (Lipinski definition) is 3. The molecule has 0 radical (unpaired) electrons. The molecule has 1 aliphatic carbocycles. The van der Waals surface area contributed by atoms with E-state index in [-0.39, 0.29) is 17.9 Å². The number of likely N-dealkylation sites (tertiary alicyclic amines) is 1. The molecule has 0 spiro atoms. The van der Waals surface area contributed by atoms with Crippen LogP contribution in [0.1, 0.15) is 66.6 Å². The normalized spacial score (nSPS) is 22.7. The van der Waals surface area contributed by atoms with Crippen LogP contribution in [-0.4, -0.2) is 35.8 Å². The van der Waals surface area contributed by atoms with Crippen molar-refractivity contribution in [2.75, 3.05) is 18.4 Å². The molecule has 1 saturated heterocycles. The molecule has 1 unspecified atom stereocenters. The summed E-state index contributed by atoms with van der Waals surface area (Å²) in [6.45, 7) is 10.9. The number of amides is 2. The summed E-state index contributed by atoms with van der Waals surface area (Å²) < 4.78 is 0. The van der Waals surface area contributed by atoms with E-state index in [1.807, 2.05) is 19.1 Å². The summed E-state index contributed by atoms with van der Waals surface area (Å²) in [6.07, 6.45) is 2.36. The molecule has 2 bridgehead atoms. The van der Waals surface area contributed by atoms with Crippen molar-refractivity contribution in [2.24, 2.45) is 11.8 Å². The smallest absolute Gasteiger partial charge is 0.251 e. The lowest BCUT2D eigenvalue weighted by Crippen LogP contribution is -2.52. The second-order valence-corrected chi connectivity index (χ2v) is 9.90. The molecule has 170 valence electrons. The van der Waals surface area contributed by atoms with Crippen molar-refractivity contribution >= 4 is 17.5 Å². The standard InChI is InChI=1S/C27H35N3O2/c1-17(2)21-7-5-20(6-8-21)14-30-15-22-9-10-23(16-30)26(22)29-27(32)25-12-11-24(13-18(25)3)28-19(4)31/h5-8,11-13,17,22-23,26H,9-10,14-16H2,1-4H3,(H,28,31)(H,29,32)/t22-,23+,26?. The molecule has 1 aliphatic heterocycles. The highest BCUT2D eigenvalue weighted by molar-refractivity contribution is 5.97. The SMILES string of the molecule is CC(=O)Nc1ccc(C(=O)NC2[C@@H]3CC[C@H]2CN(Cc2ccc(C(C)C)cc2)C3)c(C)c1. The summed E-state index contributed by atoms with van der Waals surface area (Å²) in [5, 5.41) is 6.12. The second-order valence-electron chi connectivity index (χ2n) is 9.90. The van der Waals surface area contributed by atoms with E-state index in [0.717, 1.165) is 30.9 Å². The van der Waals surface area contributed by atoms with Gasteiger partial charge in [0.15, 0.2) is 0 Å². The van der Waals surface area contributed by atoms with E-state index in [1.165, 1.54) is 30.9 Å². The topological polar surface area (TPSA) is 61.4 Å². The number of carbonyl (C=O) groups excluding carboxylic acids is 2. The third kappa shape index (κ3) is 5.04. The van der Waals surface area contributed by atoms with E-state index in [1.54, 1.807) is 6.07 Å². The quantitative estimate of drug-likeness (QED) is 0.693. The largest absolute Gasteiger partial charge is 0.349 e. The van der Waals surface area contributed by atoms with Crippen LogP contribution in [-0.2, 0) is 11.3 Å². The van der Waals surface area contributed by atoms with Crippen molar-refractivity contribution in [2.45, 2.75) is 59.0 Å². The van der Waals surface area contributed by atoms with Crippen LogP contribution in [0, 0.1) is 18.8 Å². The van der Waals surface area contributed by atoms with Gasteiger partial charge in [0, 0.05) is 43.9 Å². The highest BCUT2D eigenvalue weighted by atomic mass is 16.2. The molecular weight excluding hydrogens is 398 g/mol. The van der Waals surface area contributed by atoms with Crippen LogP contribution in [0.4, 0.5) is 5.69 Å². The van der Waals surface area contributed by atoms with Gasteiger partial charge in [0.05, 0.1) is 0 Å². The van der Waals surface area contributed by atoms with Crippen molar-refractivity contribution < 1.29 is 9.59 Å². The highest BCUT2D eigenvalue weighted by Gasteiger charge is 2.42. The van der Waals surface area contributed by atoms with Gasteiger partial charge >= 0.3 is 0 Å². The second kappa shape index (κ2) is 9.45. The summed E-state index contributed by atoms with van der Waals surface area (Å²) in [5.74, 6) is 1.46. The minimum absolute atomic E-state index is 0.00324. The van der Waals surface area contributed by atoms with Crippen LogP contribution >= 0.6 is 0 Å². The van der Waals surface area contributed by atoms with E-state index in [4.69, 9.17) is 0 Å². The van der Waals surface area contributed by atoms with Gasteiger partial charge in [0.25, 0.3) is 5.91 Å². The monoisotopic (exact) mass is 433 g/mol. The lowest BCUT2D eigenvalue weighted by atomic mass is 9.91. The van der Waals surface area contributed by atoms with Gasteiger partial charge in [-0.15, -0.1) is 0 Å². The van der Waals surface area contributed by atoms with Crippen molar-refractivity contribution in [3.8, 4) is 0 Å². The van der Waals surface area contributed by atoms with Crippen LogP contribution in [0.25, 0.3) is 0 Å². The van der Waals surface area contributed by atoms with Gasteiger partial charge in [0.1, 0.15) is 0 Å². The molecule has 2 aromatic rings. The summed E-state index contributed by atoms with van der Waals surface area (Å²) in [4.78, 5) is 26.9. The molecule has 2 fully saturated rings. The number of nitrogens with one attached hydrogen (secondary N) is 2. The molecule has 1 saturated carbocycles. The van der Waals surface area contributed by atoms with Gasteiger partial charge < -0.3 is 10.6 Å². The zero-order valence-electron chi connectivity index (χ0n) is 19.7. The molecule has 32 heavy (non-hydrogen) atoms. The molecular formula is C27H35N3O2. The number of piperidine rings is 1. The predicted octanol–water partition coefficient (Wildman–Crippen LogP) is 4.72. The first-order chi connectivity index (χ1) is 15.3. The Kier molecular flexibility index (Phi) is 6.66. The number of aryl methyl sites for hydroxylation is 1. The Hall–Kier alpha value is -2.66. The Morgan fingerprint density at radius 2 is 1.69 bits per heavy atom. The molecule has 2 aromatic carbocycles.